The van der Waals surface area contributed by atoms with Crippen molar-refractivity contribution in [3.05, 3.63) is 0 Å². The number of nitrogens with one attached hydrogen (secondary N) is 1. The average Bonchev–Trinajstić information content (AvgIpc) is 0.933. The van der Waals surface area contributed by atoms with Gasteiger partial charge in [-0.25, -0.2) is 14.4 Å². The molecule has 0 unspecified atom stereocenters. The molecule has 0 spiro atoms. The summed E-state index contributed by atoms with van der Waals surface area (Å²) in [5, 5.41) is 3.17. The molecule has 0 atom stereocenters. The maximum atomic E-state index is 12.7. The molecule has 24 nitrogen and oxygen atoms in total. The van der Waals surface area contributed by atoms with E-state index in [1.807, 2.05) is 57.0 Å². The summed E-state index contributed by atoms with van der Waals surface area (Å²) in [4.78, 5) is 117. The van der Waals surface area contributed by atoms with Gasteiger partial charge in [-0.1, -0.05) is 427 Å². The lowest BCUT2D eigenvalue weighted by molar-refractivity contribution is -0.146. The van der Waals surface area contributed by atoms with E-state index in [2.05, 4.69) is 51.6 Å². The Hall–Kier alpha value is -5.04. The van der Waals surface area contributed by atoms with Crippen LogP contribution in [0.25, 0.3) is 0 Å². The molecule has 0 bridgehead atoms. The maximum absolute atomic E-state index is 12.7. The molecule has 824 valence electrons. The second-order valence-electron chi connectivity index (χ2n) is 39.5. The monoisotopic (exact) mass is 2000 g/mol. The molecule has 1 N–H and O–H groups in total. The van der Waals surface area contributed by atoms with Crippen LogP contribution in [0.1, 0.15) is 523 Å². The third-order valence-corrected chi connectivity index (χ3v) is 25.0. The molecule has 0 aromatic heterocycles. The highest BCUT2D eigenvalue weighted by molar-refractivity contribution is 6.61. The molecule has 0 heterocycles. The van der Waals surface area contributed by atoms with Crippen molar-refractivity contribution in [2.75, 3.05) is 161 Å². The molecular weight excluding hydrogens is 1780 g/mol. The van der Waals surface area contributed by atoms with Gasteiger partial charge in [-0.05, 0) is 100 Å². The van der Waals surface area contributed by atoms with Crippen LogP contribution in [-0.4, -0.2) is 239 Å². The van der Waals surface area contributed by atoms with Gasteiger partial charge in [-0.3, -0.25) is 28.8 Å². The third-order valence-electron chi connectivity index (χ3n) is 24.9. The van der Waals surface area contributed by atoms with Crippen LogP contribution in [-0.2, 0) is 71.4 Å². The van der Waals surface area contributed by atoms with Gasteiger partial charge < -0.3 is 72.4 Å². The van der Waals surface area contributed by atoms with Gasteiger partial charge in [0, 0.05) is 82.8 Å². The Bertz CT molecular complexity index is 2390. The van der Waals surface area contributed by atoms with E-state index in [0.717, 1.165) is 142 Å². The van der Waals surface area contributed by atoms with Crippen molar-refractivity contribution in [1.29, 1.82) is 0 Å². The Morgan fingerprint density at radius 3 is 0.489 bits per heavy atom. The summed E-state index contributed by atoms with van der Waals surface area (Å²) < 4.78 is 47.6. The molecular formula is C114H223ClN6O18. The quantitative estimate of drug-likeness (QED) is 0.0257. The van der Waals surface area contributed by atoms with Gasteiger partial charge in [-0.2, -0.15) is 0 Å². The van der Waals surface area contributed by atoms with Crippen LogP contribution < -0.4 is 5.32 Å². The summed E-state index contributed by atoms with van der Waals surface area (Å²) in [6.45, 7) is 20.3. The molecule has 0 radical (unpaired) electrons. The number of nitrogens with zero attached hydrogens (tertiary/aromatic N) is 5. The van der Waals surface area contributed by atoms with Crippen LogP contribution in [0.5, 0.6) is 0 Å². The molecule has 0 aliphatic rings. The van der Waals surface area contributed by atoms with Crippen LogP contribution in [0, 0.1) is 0 Å². The second-order valence-corrected chi connectivity index (χ2v) is 39.9. The average molecular weight is 2000 g/mol. The van der Waals surface area contributed by atoms with Crippen LogP contribution >= 0.6 is 11.6 Å². The first-order chi connectivity index (χ1) is 67.6. The number of amides is 2. The minimum Gasteiger partial charge on any atom is -0.464 e. The van der Waals surface area contributed by atoms with Gasteiger partial charge in [0.2, 0.25) is 0 Å². The van der Waals surface area contributed by atoms with Crippen molar-refractivity contribution in [2.45, 2.75) is 523 Å². The number of ether oxygens (including phenoxy) is 9. The first-order valence-corrected chi connectivity index (χ1v) is 58.3. The largest absolute Gasteiger partial charge is 0.464 e. The van der Waals surface area contributed by atoms with E-state index in [1.54, 1.807) is 0 Å². The number of carbonyl (C=O) groups is 9. The van der Waals surface area contributed by atoms with E-state index in [9.17, 15) is 43.2 Å². The topological polar surface area (TPSA) is 265 Å². The normalized spacial score (nSPS) is 11.1. The van der Waals surface area contributed by atoms with Crippen molar-refractivity contribution in [3.63, 3.8) is 0 Å². The Kier molecular flexibility index (Phi) is 119. The third kappa shape index (κ3) is 123. The highest BCUT2D eigenvalue weighted by atomic mass is 35.5. The fraction of sp³-hybridized carbons (Fsp3) is 0.921. The van der Waals surface area contributed by atoms with Gasteiger partial charge in [0.25, 0.3) is 0 Å². The number of unbranched alkanes of at least 4 members (excludes halogenated alkanes) is 60. The predicted octanol–water partition coefficient (Wildman–Crippen LogP) is 30.1. The molecule has 139 heavy (non-hydrogen) atoms. The number of halogens is 1. The van der Waals surface area contributed by atoms with Gasteiger partial charge >= 0.3 is 53.4 Å². The van der Waals surface area contributed by atoms with Crippen molar-refractivity contribution in [3.8, 4) is 0 Å². The van der Waals surface area contributed by atoms with Crippen LogP contribution in [0.2, 0.25) is 0 Å². The molecule has 0 aliphatic carbocycles. The van der Waals surface area contributed by atoms with Crippen LogP contribution in [0.4, 0.5) is 14.4 Å². The lowest BCUT2D eigenvalue weighted by Crippen LogP contribution is -2.38. The van der Waals surface area contributed by atoms with E-state index < -0.39 is 17.6 Å². The van der Waals surface area contributed by atoms with Crippen molar-refractivity contribution >= 4 is 65.0 Å². The number of carbonyl (C=O) groups excluding carboxylic acids is 9. The SMILES string of the molecule is CCCCCCCCCCCCCC(=O)OCCN(CCOC(=O)CCCCCCCCCCCCC)C(=O)OCCCN(C)C.CCCCCCCCCCCCCC(=O)OCCN(CCOC(=O)CCCCCCCCCCCCC)C(=O)OCCCN(C)C.CCCCCCCCCCCCCC(=O)OCCNCCOC(=O)CCCCCCCCCCCCC.CN(C)CCCOC(=O)Cl. The predicted molar refractivity (Wildman–Crippen MR) is 578 cm³/mol. The molecule has 25 heteroatoms. The lowest BCUT2D eigenvalue weighted by atomic mass is 10.1. The number of esters is 6. The standard InChI is InChI=1S/2C38H74N2O6.C32H63NO4.C6H12ClNO2/c2*1-5-7-9-11-13-15-17-19-21-23-25-28-36(41)44-34-31-40(38(43)46-33-27-30-39(3)4)32-35-45-37(42)29-26-24-22-20-18-16-14-12-10-8-6-2;1-3-5-7-9-11-13-15-17-19-21-23-25-31(34)36-29-27-33-28-30-37-32(35)26-24-22-20-18-16-14-12-10-8-6-4-2;1-8(2)4-3-5-10-6(7)9/h2*5-35H2,1-4H3;33H,3-30H2,1-2H3;3-5H2,1-2H3. The van der Waals surface area contributed by atoms with E-state index in [4.69, 9.17) is 49.5 Å². The van der Waals surface area contributed by atoms with Gasteiger partial charge in [-0.15, -0.1) is 0 Å². The minimum absolute atomic E-state index is 0.101. The zero-order chi connectivity index (χ0) is 103. The van der Waals surface area contributed by atoms with E-state index in [0.29, 0.717) is 84.6 Å². The molecule has 0 rings (SSSR count). The minimum atomic E-state index is -0.723. The highest BCUT2D eigenvalue weighted by Crippen LogP contribution is 2.20. The summed E-state index contributed by atoms with van der Waals surface area (Å²) >= 11 is 4.92. The van der Waals surface area contributed by atoms with Crippen LogP contribution in [0.15, 0.2) is 0 Å². The summed E-state index contributed by atoms with van der Waals surface area (Å²) in [5.74, 6) is -1.11. The summed E-state index contributed by atoms with van der Waals surface area (Å²) in [5.41, 5.74) is -0.723. The van der Waals surface area contributed by atoms with Crippen LogP contribution in [0.3, 0.4) is 0 Å². The molecule has 2 amide bonds. The first-order valence-electron chi connectivity index (χ1n) is 57.9. The molecule has 0 fully saturated rings. The Labute approximate surface area is 859 Å². The van der Waals surface area contributed by atoms with Gasteiger partial charge in [0.15, 0.2) is 0 Å². The summed E-state index contributed by atoms with van der Waals surface area (Å²) in [6, 6.07) is 0. The molecule has 0 aromatic rings. The van der Waals surface area contributed by atoms with Gasteiger partial charge in [0.1, 0.15) is 39.6 Å². The van der Waals surface area contributed by atoms with E-state index in [1.165, 1.54) is 331 Å². The zero-order valence-corrected chi connectivity index (χ0v) is 93.5. The lowest BCUT2D eigenvalue weighted by Gasteiger charge is -2.22. The first kappa shape index (κ1) is 140. The summed E-state index contributed by atoms with van der Waals surface area (Å²) in [6.07, 6.45) is 86.5. The van der Waals surface area contributed by atoms with Crippen molar-refractivity contribution in [2.24, 2.45) is 0 Å². The fourth-order valence-corrected chi connectivity index (χ4v) is 16.2. The molecule has 0 aromatic carbocycles. The second kappa shape index (κ2) is 118. The Morgan fingerprint density at radius 1 is 0.180 bits per heavy atom. The Balaban J connectivity index is -0.000000939. The maximum Gasteiger partial charge on any atom is 0.409 e. The molecule has 0 saturated carbocycles. The van der Waals surface area contributed by atoms with Crippen molar-refractivity contribution in [1.82, 2.24) is 29.8 Å². The number of hydrogen-bond acceptors (Lipinski definition) is 22. The molecule has 0 aliphatic heterocycles. The molecule has 0 saturated heterocycles. The van der Waals surface area contributed by atoms with E-state index >= 15 is 0 Å². The number of hydrogen-bond donors (Lipinski definition) is 1. The van der Waals surface area contributed by atoms with E-state index in [-0.39, 0.29) is 88.4 Å². The zero-order valence-electron chi connectivity index (χ0n) is 92.7. The van der Waals surface area contributed by atoms with Gasteiger partial charge in [0.05, 0.1) is 46.0 Å². The smallest absolute Gasteiger partial charge is 0.409 e. The summed E-state index contributed by atoms with van der Waals surface area (Å²) in [7, 11) is 11.8. The van der Waals surface area contributed by atoms with Crippen molar-refractivity contribution < 1.29 is 85.8 Å². The Morgan fingerprint density at radius 2 is 0.331 bits per heavy atom. The number of rotatable bonds is 102. The fourth-order valence-electron chi connectivity index (χ4n) is 16.1. The highest BCUT2D eigenvalue weighted by Gasteiger charge is 2.20.